The highest BCUT2D eigenvalue weighted by atomic mass is 16.5. The molecule has 2 rings (SSSR count). The van der Waals surface area contributed by atoms with Crippen LogP contribution in [-0.2, 0) is 9.53 Å². The van der Waals surface area contributed by atoms with Gasteiger partial charge in [-0.1, -0.05) is 0 Å². The first-order chi connectivity index (χ1) is 8.79. The normalized spacial score (nSPS) is 25.6. The summed E-state index contributed by atoms with van der Waals surface area (Å²) in [6.45, 7) is 5.14. The SMILES string of the molecule is O=C(CCC1CCCO1)N1CCN(CCO)CC1. The fraction of sp³-hybridized carbons (Fsp3) is 0.923. The molecule has 2 heterocycles. The Balaban J connectivity index is 1.64. The maximum absolute atomic E-state index is 12.0. The van der Waals surface area contributed by atoms with Crippen molar-refractivity contribution in [1.82, 2.24) is 9.80 Å². The minimum Gasteiger partial charge on any atom is -0.395 e. The second-order valence-electron chi connectivity index (χ2n) is 5.12. The van der Waals surface area contributed by atoms with Gasteiger partial charge in [0, 0.05) is 45.8 Å². The third-order valence-corrected chi connectivity index (χ3v) is 3.85. The van der Waals surface area contributed by atoms with Crippen LogP contribution in [0.25, 0.3) is 0 Å². The second-order valence-corrected chi connectivity index (χ2v) is 5.12. The Labute approximate surface area is 109 Å². The summed E-state index contributed by atoms with van der Waals surface area (Å²) in [6.07, 6.45) is 4.04. The molecule has 5 nitrogen and oxygen atoms in total. The Kier molecular flexibility index (Phi) is 5.41. The second kappa shape index (κ2) is 7.07. The first kappa shape index (κ1) is 13.8. The summed E-state index contributed by atoms with van der Waals surface area (Å²) < 4.78 is 5.53. The molecule has 1 N–H and O–H groups in total. The summed E-state index contributed by atoms with van der Waals surface area (Å²) >= 11 is 0. The van der Waals surface area contributed by atoms with E-state index in [2.05, 4.69) is 4.90 Å². The number of hydrogen-bond acceptors (Lipinski definition) is 4. The molecule has 0 spiro atoms. The van der Waals surface area contributed by atoms with Crippen molar-refractivity contribution in [3.05, 3.63) is 0 Å². The van der Waals surface area contributed by atoms with Crippen LogP contribution in [0.4, 0.5) is 0 Å². The summed E-state index contributed by atoms with van der Waals surface area (Å²) in [7, 11) is 0. The van der Waals surface area contributed by atoms with Crippen LogP contribution in [-0.4, -0.2) is 72.9 Å². The molecule has 2 saturated heterocycles. The number of aliphatic hydroxyl groups excluding tert-OH is 1. The van der Waals surface area contributed by atoms with E-state index in [1.807, 2.05) is 4.90 Å². The lowest BCUT2D eigenvalue weighted by Gasteiger charge is -2.34. The van der Waals surface area contributed by atoms with Crippen LogP contribution in [0.5, 0.6) is 0 Å². The van der Waals surface area contributed by atoms with Gasteiger partial charge in [-0.05, 0) is 19.3 Å². The Morgan fingerprint density at radius 2 is 2.06 bits per heavy atom. The number of aliphatic hydroxyl groups is 1. The van der Waals surface area contributed by atoms with Gasteiger partial charge in [-0.15, -0.1) is 0 Å². The van der Waals surface area contributed by atoms with Crippen LogP contribution < -0.4 is 0 Å². The number of rotatable bonds is 5. The molecule has 104 valence electrons. The molecule has 0 aliphatic carbocycles. The first-order valence-corrected chi connectivity index (χ1v) is 7.02. The molecule has 0 aromatic heterocycles. The fourth-order valence-electron chi connectivity index (χ4n) is 2.68. The van der Waals surface area contributed by atoms with E-state index in [-0.39, 0.29) is 12.5 Å². The van der Waals surface area contributed by atoms with Crippen molar-refractivity contribution in [2.75, 3.05) is 45.9 Å². The van der Waals surface area contributed by atoms with Crippen molar-refractivity contribution < 1.29 is 14.6 Å². The van der Waals surface area contributed by atoms with Gasteiger partial charge in [0.2, 0.25) is 5.91 Å². The zero-order chi connectivity index (χ0) is 12.8. The van der Waals surface area contributed by atoms with Gasteiger partial charge in [0.05, 0.1) is 12.7 Å². The van der Waals surface area contributed by atoms with Gasteiger partial charge >= 0.3 is 0 Å². The third-order valence-electron chi connectivity index (χ3n) is 3.85. The number of piperazine rings is 1. The van der Waals surface area contributed by atoms with Crippen LogP contribution >= 0.6 is 0 Å². The van der Waals surface area contributed by atoms with Gasteiger partial charge in [-0.3, -0.25) is 9.69 Å². The van der Waals surface area contributed by atoms with Gasteiger partial charge in [0.1, 0.15) is 0 Å². The van der Waals surface area contributed by atoms with Crippen molar-refractivity contribution in [2.45, 2.75) is 31.8 Å². The fourth-order valence-corrected chi connectivity index (χ4v) is 2.68. The molecular weight excluding hydrogens is 232 g/mol. The zero-order valence-electron chi connectivity index (χ0n) is 11.0. The highest BCUT2D eigenvalue weighted by Gasteiger charge is 2.22. The van der Waals surface area contributed by atoms with Gasteiger partial charge in [0.15, 0.2) is 0 Å². The molecule has 1 atom stereocenters. The van der Waals surface area contributed by atoms with Gasteiger partial charge in [0.25, 0.3) is 0 Å². The van der Waals surface area contributed by atoms with Crippen LogP contribution in [0.3, 0.4) is 0 Å². The lowest BCUT2D eigenvalue weighted by Crippen LogP contribution is -2.49. The summed E-state index contributed by atoms with van der Waals surface area (Å²) in [5.74, 6) is 0.258. The molecule has 18 heavy (non-hydrogen) atoms. The summed E-state index contributed by atoms with van der Waals surface area (Å²) in [6, 6.07) is 0. The highest BCUT2D eigenvalue weighted by molar-refractivity contribution is 5.76. The van der Waals surface area contributed by atoms with E-state index >= 15 is 0 Å². The number of amides is 1. The topological polar surface area (TPSA) is 53.0 Å². The summed E-state index contributed by atoms with van der Waals surface area (Å²) in [5.41, 5.74) is 0. The number of carbonyl (C=O) groups is 1. The molecule has 5 heteroatoms. The average Bonchev–Trinajstić information content (AvgIpc) is 2.90. The zero-order valence-corrected chi connectivity index (χ0v) is 11.0. The lowest BCUT2D eigenvalue weighted by atomic mass is 10.1. The molecule has 0 saturated carbocycles. The van der Waals surface area contributed by atoms with E-state index in [1.165, 1.54) is 0 Å². The van der Waals surface area contributed by atoms with Crippen LogP contribution in [0.1, 0.15) is 25.7 Å². The summed E-state index contributed by atoms with van der Waals surface area (Å²) in [4.78, 5) is 16.2. The minimum atomic E-state index is 0.201. The minimum absolute atomic E-state index is 0.201. The monoisotopic (exact) mass is 256 g/mol. The maximum Gasteiger partial charge on any atom is 0.222 e. The van der Waals surface area contributed by atoms with E-state index in [1.54, 1.807) is 0 Å². The molecule has 1 amide bonds. The highest BCUT2D eigenvalue weighted by Crippen LogP contribution is 2.17. The van der Waals surface area contributed by atoms with E-state index in [0.29, 0.717) is 12.5 Å². The quantitative estimate of drug-likeness (QED) is 0.757. The van der Waals surface area contributed by atoms with Crippen LogP contribution in [0.2, 0.25) is 0 Å². The van der Waals surface area contributed by atoms with E-state index in [4.69, 9.17) is 9.84 Å². The molecule has 0 aromatic carbocycles. The third kappa shape index (κ3) is 3.93. The van der Waals surface area contributed by atoms with Crippen molar-refractivity contribution >= 4 is 5.91 Å². The van der Waals surface area contributed by atoms with E-state index in [9.17, 15) is 4.79 Å². The first-order valence-electron chi connectivity index (χ1n) is 7.02. The van der Waals surface area contributed by atoms with E-state index in [0.717, 1.165) is 58.6 Å². The lowest BCUT2D eigenvalue weighted by molar-refractivity contribution is -0.133. The number of ether oxygens (including phenoxy) is 1. The Morgan fingerprint density at radius 3 is 2.67 bits per heavy atom. The number of hydrogen-bond donors (Lipinski definition) is 1. The molecule has 0 radical (unpaired) electrons. The molecule has 0 bridgehead atoms. The Morgan fingerprint density at radius 1 is 1.28 bits per heavy atom. The summed E-state index contributed by atoms with van der Waals surface area (Å²) in [5, 5.41) is 8.86. The predicted molar refractivity (Wildman–Crippen MR) is 68.3 cm³/mol. The Bertz CT molecular complexity index is 259. The van der Waals surface area contributed by atoms with E-state index < -0.39 is 0 Å². The smallest absolute Gasteiger partial charge is 0.222 e. The molecule has 1 unspecified atom stereocenters. The van der Waals surface area contributed by atoms with Gasteiger partial charge in [-0.25, -0.2) is 0 Å². The number of carbonyl (C=O) groups excluding carboxylic acids is 1. The molecule has 2 fully saturated rings. The van der Waals surface area contributed by atoms with Crippen molar-refractivity contribution in [1.29, 1.82) is 0 Å². The van der Waals surface area contributed by atoms with Crippen molar-refractivity contribution in [3.63, 3.8) is 0 Å². The largest absolute Gasteiger partial charge is 0.395 e. The van der Waals surface area contributed by atoms with Gasteiger partial charge in [-0.2, -0.15) is 0 Å². The van der Waals surface area contributed by atoms with Crippen LogP contribution in [0.15, 0.2) is 0 Å². The van der Waals surface area contributed by atoms with Crippen molar-refractivity contribution in [3.8, 4) is 0 Å². The molecular formula is C13H24N2O3. The van der Waals surface area contributed by atoms with Crippen LogP contribution in [0, 0.1) is 0 Å². The molecule has 0 aromatic rings. The molecule has 2 aliphatic rings. The maximum atomic E-state index is 12.0. The van der Waals surface area contributed by atoms with Crippen molar-refractivity contribution in [2.24, 2.45) is 0 Å². The predicted octanol–water partition coefficient (Wildman–Crippen LogP) is 0.0821. The Hall–Kier alpha value is -0.650. The molecule has 2 aliphatic heterocycles. The average molecular weight is 256 g/mol. The number of nitrogens with zero attached hydrogens (tertiary/aromatic N) is 2. The van der Waals surface area contributed by atoms with Gasteiger partial charge < -0.3 is 14.7 Å². The number of β-amino-alcohol motifs (C(OH)–C–C–N with tert-alkyl or cyclic N) is 1. The standard InChI is InChI=1S/C13H24N2O3/c16-10-9-14-5-7-15(8-6-14)13(17)4-3-12-2-1-11-18-12/h12,16H,1-11H2.